The standard InChI is InChI=1S/C22H16FNO/c23-18-11-12-21-19(13-18)20(15-25)22(17-9-5-2-6-10-17)24(21)14-16-7-3-1-4-8-16/h1-13,15H,14H2. The fraction of sp³-hybridized carbons (Fsp3) is 0.0455. The molecule has 2 nitrogen and oxygen atoms in total. The number of rotatable bonds is 4. The Morgan fingerprint density at radius 3 is 2.24 bits per heavy atom. The summed E-state index contributed by atoms with van der Waals surface area (Å²) < 4.78 is 15.9. The summed E-state index contributed by atoms with van der Waals surface area (Å²) in [6, 6.07) is 24.4. The van der Waals surface area contributed by atoms with Crippen molar-refractivity contribution in [3.8, 4) is 11.3 Å². The van der Waals surface area contributed by atoms with Crippen LogP contribution >= 0.6 is 0 Å². The van der Waals surface area contributed by atoms with Crippen molar-refractivity contribution in [3.63, 3.8) is 0 Å². The third kappa shape index (κ3) is 2.74. The van der Waals surface area contributed by atoms with Crippen LogP contribution in [-0.4, -0.2) is 10.9 Å². The van der Waals surface area contributed by atoms with Gasteiger partial charge in [0.05, 0.1) is 5.69 Å². The van der Waals surface area contributed by atoms with Crippen LogP contribution in [0.25, 0.3) is 22.2 Å². The maximum absolute atomic E-state index is 13.8. The first-order chi connectivity index (χ1) is 12.3. The van der Waals surface area contributed by atoms with Gasteiger partial charge < -0.3 is 4.57 Å². The molecule has 0 fully saturated rings. The molecule has 0 aliphatic carbocycles. The summed E-state index contributed by atoms with van der Waals surface area (Å²) in [6.07, 6.45) is 0.825. The molecule has 0 saturated carbocycles. The summed E-state index contributed by atoms with van der Waals surface area (Å²) in [7, 11) is 0. The smallest absolute Gasteiger partial charge is 0.152 e. The minimum absolute atomic E-state index is 0.341. The number of carbonyl (C=O) groups is 1. The highest BCUT2D eigenvalue weighted by molar-refractivity contribution is 6.05. The molecular weight excluding hydrogens is 313 g/mol. The van der Waals surface area contributed by atoms with Crippen molar-refractivity contribution in [1.29, 1.82) is 0 Å². The number of hydrogen-bond acceptors (Lipinski definition) is 1. The van der Waals surface area contributed by atoms with E-state index < -0.39 is 0 Å². The van der Waals surface area contributed by atoms with Gasteiger partial charge in [-0.3, -0.25) is 4.79 Å². The van der Waals surface area contributed by atoms with Gasteiger partial charge in [-0.2, -0.15) is 0 Å². The van der Waals surface area contributed by atoms with E-state index in [2.05, 4.69) is 4.57 Å². The lowest BCUT2D eigenvalue weighted by molar-refractivity contribution is 0.112. The maximum atomic E-state index is 13.8. The minimum Gasteiger partial charge on any atom is -0.335 e. The van der Waals surface area contributed by atoms with E-state index in [0.29, 0.717) is 17.5 Å². The van der Waals surface area contributed by atoms with Crippen molar-refractivity contribution in [1.82, 2.24) is 4.57 Å². The second-order valence-electron chi connectivity index (χ2n) is 5.98. The molecule has 0 saturated heterocycles. The SMILES string of the molecule is O=Cc1c(-c2ccccc2)n(Cc2ccccc2)c2ccc(F)cc12. The van der Waals surface area contributed by atoms with Crippen LogP contribution in [0.2, 0.25) is 0 Å². The van der Waals surface area contributed by atoms with E-state index in [1.807, 2.05) is 60.7 Å². The lowest BCUT2D eigenvalue weighted by Gasteiger charge is -2.12. The summed E-state index contributed by atoms with van der Waals surface area (Å²) in [5, 5.41) is 0.643. The van der Waals surface area contributed by atoms with Gasteiger partial charge in [-0.1, -0.05) is 60.7 Å². The Kier molecular flexibility index (Phi) is 3.90. The molecular formula is C22H16FNO. The van der Waals surface area contributed by atoms with Gasteiger partial charge in [0.25, 0.3) is 0 Å². The lowest BCUT2D eigenvalue weighted by atomic mass is 10.1. The predicted molar refractivity (Wildman–Crippen MR) is 98.3 cm³/mol. The van der Waals surface area contributed by atoms with Crippen molar-refractivity contribution in [2.24, 2.45) is 0 Å². The molecule has 1 aromatic heterocycles. The number of nitrogens with zero attached hydrogens (tertiary/aromatic N) is 1. The van der Waals surface area contributed by atoms with E-state index in [1.54, 1.807) is 6.07 Å². The molecule has 3 aromatic carbocycles. The van der Waals surface area contributed by atoms with Crippen LogP contribution in [0.15, 0.2) is 78.9 Å². The largest absolute Gasteiger partial charge is 0.335 e. The molecule has 0 spiro atoms. The van der Waals surface area contributed by atoms with E-state index >= 15 is 0 Å². The minimum atomic E-state index is -0.341. The fourth-order valence-electron chi connectivity index (χ4n) is 3.31. The molecule has 122 valence electrons. The summed E-state index contributed by atoms with van der Waals surface area (Å²) in [5.74, 6) is -0.341. The van der Waals surface area contributed by atoms with Gasteiger partial charge in [-0.05, 0) is 29.3 Å². The first kappa shape index (κ1) is 15.3. The van der Waals surface area contributed by atoms with Gasteiger partial charge in [-0.25, -0.2) is 4.39 Å². The summed E-state index contributed by atoms with van der Waals surface area (Å²) in [5.41, 5.74) is 4.26. The Hall–Kier alpha value is -3.20. The Morgan fingerprint density at radius 1 is 0.880 bits per heavy atom. The molecule has 0 bridgehead atoms. The van der Waals surface area contributed by atoms with Gasteiger partial charge in [0.2, 0.25) is 0 Å². The zero-order valence-corrected chi connectivity index (χ0v) is 13.5. The van der Waals surface area contributed by atoms with Crippen molar-refractivity contribution < 1.29 is 9.18 Å². The number of aldehydes is 1. The number of hydrogen-bond donors (Lipinski definition) is 0. The van der Waals surface area contributed by atoms with Crippen LogP contribution < -0.4 is 0 Å². The van der Waals surface area contributed by atoms with E-state index in [0.717, 1.165) is 28.6 Å². The first-order valence-electron chi connectivity index (χ1n) is 8.14. The van der Waals surface area contributed by atoms with Gasteiger partial charge in [0, 0.05) is 23.0 Å². The Balaban J connectivity index is 2.03. The van der Waals surface area contributed by atoms with Crippen molar-refractivity contribution >= 4 is 17.2 Å². The Bertz CT molecular complexity index is 1040. The maximum Gasteiger partial charge on any atom is 0.152 e. The fourth-order valence-corrected chi connectivity index (χ4v) is 3.31. The van der Waals surface area contributed by atoms with Crippen molar-refractivity contribution in [2.75, 3.05) is 0 Å². The highest BCUT2D eigenvalue weighted by atomic mass is 19.1. The highest BCUT2D eigenvalue weighted by Gasteiger charge is 2.18. The average molecular weight is 329 g/mol. The lowest BCUT2D eigenvalue weighted by Crippen LogP contribution is -2.02. The molecule has 0 atom stereocenters. The first-order valence-corrected chi connectivity index (χ1v) is 8.14. The third-order valence-electron chi connectivity index (χ3n) is 4.41. The molecule has 0 amide bonds. The van der Waals surface area contributed by atoms with Crippen LogP contribution in [0, 0.1) is 5.82 Å². The summed E-state index contributed by atoms with van der Waals surface area (Å²) in [6.45, 7) is 0.612. The van der Waals surface area contributed by atoms with Gasteiger partial charge in [-0.15, -0.1) is 0 Å². The molecule has 0 aliphatic heterocycles. The van der Waals surface area contributed by atoms with Crippen molar-refractivity contribution in [2.45, 2.75) is 6.54 Å². The second kappa shape index (κ2) is 6.36. The average Bonchev–Trinajstić information content (AvgIpc) is 2.96. The van der Waals surface area contributed by atoms with Crippen LogP contribution in [0.1, 0.15) is 15.9 Å². The van der Waals surface area contributed by atoms with E-state index in [1.165, 1.54) is 12.1 Å². The molecule has 1 heterocycles. The van der Waals surface area contributed by atoms with E-state index in [4.69, 9.17) is 0 Å². The summed E-state index contributed by atoms with van der Waals surface area (Å²) in [4.78, 5) is 11.9. The highest BCUT2D eigenvalue weighted by Crippen LogP contribution is 2.34. The molecule has 0 aliphatic rings. The predicted octanol–water partition coefficient (Wildman–Crippen LogP) is 5.31. The van der Waals surface area contributed by atoms with Crippen LogP contribution in [-0.2, 0) is 6.54 Å². The van der Waals surface area contributed by atoms with Crippen molar-refractivity contribution in [3.05, 3.63) is 95.8 Å². The molecule has 3 heteroatoms. The van der Waals surface area contributed by atoms with Crippen LogP contribution in [0.3, 0.4) is 0 Å². The number of carbonyl (C=O) groups excluding carboxylic acids is 1. The Labute approximate surface area is 145 Å². The zero-order chi connectivity index (χ0) is 17.2. The normalized spacial score (nSPS) is 10.9. The second-order valence-corrected chi connectivity index (χ2v) is 5.98. The Morgan fingerprint density at radius 2 is 1.56 bits per heavy atom. The van der Waals surface area contributed by atoms with Crippen LogP contribution in [0.5, 0.6) is 0 Å². The zero-order valence-electron chi connectivity index (χ0n) is 13.5. The quantitative estimate of drug-likeness (QED) is 0.465. The van der Waals surface area contributed by atoms with Gasteiger partial charge in [0.15, 0.2) is 6.29 Å². The third-order valence-corrected chi connectivity index (χ3v) is 4.41. The topological polar surface area (TPSA) is 22.0 Å². The van der Waals surface area contributed by atoms with Gasteiger partial charge in [0.1, 0.15) is 5.82 Å². The molecule has 4 aromatic rings. The van der Waals surface area contributed by atoms with Gasteiger partial charge >= 0.3 is 0 Å². The van der Waals surface area contributed by atoms with E-state index in [-0.39, 0.29) is 5.82 Å². The monoisotopic (exact) mass is 329 g/mol. The molecule has 0 radical (unpaired) electrons. The molecule has 4 rings (SSSR count). The summed E-state index contributed by atoms with van der Waals surface area (Å²) >= 11 is 0. The molecule has 25 heavy (non-hydrogen) atoms. The number of benzene rings is 3. The number of halogens is 1. The van der Waals surface area contributed by atoms with Crippen LogP contribution in [0.4, 0.5) is 4.39 Å². The molecule has 0 N–H and O–H groups in total. The number of aromatic nitrogens is 1. The molecule has 0 unspecified atom stereocenters. The number of fused-ring (bicyclic) bond motifs is 1. The van der Waals surface area contributed by atoms with E-state index in [9.17, 15) is 9.18 Å².